The lowest BCUT2D eigenvalue weighted by molar-refractivity contribution is -0.385. The smallest absolute Gasteiger partial charge is 0.312 e. The van der Waals surface area contributed by atoms with Crippen molar-refractivity contribution >= 4 is 55.6 Å². The number of carbonyl (C=O) groups is 1. The van der Waals surface area contributed by atoms with Crippen molar-refractivity contribution in [2.24, 2.45) is 5.10 Å². The molecule has 1 amide bonds. The van der Waals surface area contributed by atoms with Crippen molar-refractivity contribution in [1.29, 1.82) is 0 Å². The predicted molar refractivity (Wildman–Crippen MR) is 158 cm³/mol. The van der Waals surface area contributed by atoms with Crippen LogP contribution in [0.3, 0.4) is 0 Å². The molecule has 1 fully saturated rings. The van der Waals surface area contributed by atoms with Crippen LogP contribution in [0.1, 0.15) is 5.56 Å². The molecule has 0 radical (unpaired) electrons. The molecule has 0 bridgehead atoms. The Morgan fingerprint density at radius 1 is 1.12 bits per heavy atom. The van der Waals surface area contributed by atoms with Crippen molar-refractivity contribution in [2.75, 3.05) is 32.9 Å². The number of hydrogen-bond donors (Lipinski definition) is 0. The Kier molecular flexibility index (Phi) is 7.50. The lowest BCUT2D eigenvalue weighted by Gasteiger charge is -2.26. The second kappa shape index (κ2) is 11.5. The van der Waals surface area contributed by atoms with E-state index in [1.807, 2.05) is 18.2 Å². The van der Waals surface area contributed by atoms with Crippen LogP contribution in [0.2, 0.25) is 0 Å². The van der Waals surface area contributed by atoms with Gasteiger partial charge in [0.2, 0.25) is 11.6 Å². The zero-order valence-electron chi connectivity index (χ0n) is 21.9. The summed E-state index contributed by atoms with van der Waals surface area (Å²) in [5.41, 5.74) is 0.573. The number of fused-ring (bicyclic) bond motifs is 2. The highest BCUT2D eigenvalue weighted by atomic mass is 79.9. The van der Waals surface area contributed by atoms with Crippen LogP contribution in [0.25, 0.3) is 33.5 Å². The summed E-state index contributed by atoms with van der Waals surface area (Å²) in [5.74, 6) is 0.107. The molecule has 0 saturated carbocycles. The first-order valence-electron chi connectivity index (χ1n) is 12.9. The summed E-state index contributed by atoms with van der Waals surface area (Å²) in [7, 11) is 0. The van der Waals surface area contributed by atoms with Gasteiger partial charge in [0, 0.05) is 30.1 Å². The van der Waals surface area contributed by atoms with E-state index in [0.717, 1.165) is 10.1 Å². The third-order valence-electron chi connectivity index (χ3n) is 6.67. The molecule has 1 aliphatic heterocycles. The topological polar surface area (TPSA) is 142 Å². The van der Waals surface area contributed by atoms with Crippen molar-refractivity contribution in [3.05, 3.63) is 97.2 Å². The van der Waals surface area contributed by atoms with E-state index in [2.05, 4.69) is 26.0 Å². The van der Waals surface area contributed by atoms with Crippen molar-refractivity contribution in [3.8, 4) is 17.3 Å². The Hall–Kier alpha value is -4.88. The van der Waals surface area contributed by atoms with Crippen LogP contribution < -0.4 is 10.3 Å². The summed E-state index contributed by atoms with van der Waals surface area (Å²) in [6.45, 7) is 1.35. The molecule has 212 valence electrons. The van der Waals surface area contributed by atoms with Gasteiger partial charge in [0.25, 0.3) is 11.5 Å². The molecule has 13 heteroatoms. The standard InChI is InChI=1S/C29H22BrN5O7/c30-21-13-18(14-23(35(38)39)27(21)41-17-26(36)33-9-11-40-12-10-33)16-31-34-28(25-15-19-5-1-4-8-24(19)42-25)32-22-7-3-2-6-20(22)29(34)37/h1-8,13-16H,9-12,17H2. The highest BCUT2D eigenvalue weighted by Gasteiger charge is 2.24. The Balaban J connectivity index is 1.36. The molecule has 0 N–H and O–H groups in total. The molecule has 0 atom stereocenters. The highest BCUT2D eigenvalue weighted by molar-refractivity contribution is 9.10. The minimum atomic E-state index is -0.611. The van der Waals surface area contributed by atoms with E-state index >= 15 is 0 Å². The fourth-order valence-corrected chi connectivity index (χ4v) is 5.18. The van der Waals surface area contributed by atoms with Crippen molar-refractivity contribution < 1.29 is 23.6 Å². The minimum Gasteiger partial charge on any atom is -0.476 e. The summed E-state index contributed by atoms with van der Waals surface area (Å²) >= 11 is 3.32. The van der Waals surface area contributed by atoms with Crippen LogP contribution in [0.5, 0.6) is 5.75 Å². The third-order valence-corrected chi connectivity index (χ3v) is 7.26. The van der Waals surface area contributed by atoms with E-state index in [0.29, 0.717) is 54.1 Å². The number of carbonyl (C=O) groups excluding carboxylic acids is 1. The molecule has 0 aliphatic carbocycles. The number of nitrogens with zero attached hydrogens (tertiary/aromatic N) is 5. The zero-order chi connectivity index (χ0) is 29.2. The van der Waals surface area contributed by atoms with Gasteiger partial charge in [-0.05, 0) is 46.3 Å². The van der Waals surface area contributed by atoms with Crippen LogP contribution in [0.15, 0.2) is 85.5 Å². The molecular weight excluding hydrogens is 610 g/mol. The SMILES string of the molecule is O=C(COc1c(Br)cc(C=Nn2c(-c3cc4ccccc4o3)nc3ccccc3c2=O)cc1[N+](=O)[O-])N1CCOCC1. The van der Waals surface area contributed by atoms with Crippen LogP contribution in [0.4, 0.5) is 5.69 Å². The van der Waals surface area contributed by atoms with Crippen molar-refractivity contribution in [1.82, 2.24) is 14.6 Å². The number of aromatic nitrogens is 2. The molecule has 2 aromatic heterocycles. The van der Waals surface area contributed by atoms with E-state index in [1.54, 1.807) is 47.4 Å². The van der Waals surface area contributed by atoms with Crippen LogP contribution >= 0.6 is 15.9 Å². The van der Waals surface area contributed by atoms with Gasteiger partial charge in [-0.25, -0.2) is 4.98 Å². The maximum Gasteiger partial charge on any atom is 0.312 e. The second-order valence-electron chi connectivity index (χ2n) is 9.35. The molecule has 3 aromatic carbocycles. The summed E-state index contributed by atoms with van der Waals surface area (Å²) in [4.78, 5) is 43.6. The summed E-state index contributed by atoms with van der Waals surface area (Å²) < 4.78 is 18.2. The first kappa shape index (κ1) is 27.3. The van der Waals surface area contributed by atoms with E-state index in [9.17, 15) is 19.7 Å². The fourth-order valence-electron chi connectivity index (χ4n) is 4.60. The number of nitro benzene ring substituents is 1. The highest BCUT2D eigenvalue weighted by Crippen LogP contribution is 2.36. The van der Waals surface area contributed by atoms with Gasteiger partial charge in [-0.3, -0.25) is 19.7 Å². The van der Waals surface area contributed by atoms with Crippen molar-refractivity contribution in [2.45, 2.75) is 0 Å². The quantitative estimate of drug-likeness (QED) is 0.144. The molecule has 12 nitrogen and oxygen atoms in total. The average molecular weight is 632 g/mol. The summed E-state index contributed by atoms with van der Waals surface area (Å²) in [5, 5.41) is 17.5. The lowest BCUT2D eigenvalue weighted by atomic mass is 10.2. The predicted octanol–water partition coefficient (Wildman–Crippen LogP) is 4.60. The second-order valence-corrected chi connectivity index (χ2v) is 10.2. The van der Waals surface area contributed by atoms with E-state index in [4.69, 9.17) is 13.9 Å². The molecule has 5 aromatic rings. The first-order valence-corrected chi connectivity index (χ1v) is 13.7. The van der Waals surface area contributed by atoms with E-state index < -0.39 is 10.5 Å². The molecule has 0 spiro atoms. The molecule has 1 saturated heterocycles. The molecule has 1 aliphatic rings. The van der Waals surface area contributed by atoms with Crippen LogP contribution in [-0.4, -0.2) is 64.5 Å². The lowest BCUT2D eigenvalue weighted by Crippen LogP contribution is -2.43. The summed E-state index contributed by atoms with van der Waals surface area (Å²) in [6.07, 6.45) is 1.31. The number of halogens is 1. The largest absolute Gasteiger partial charge is 0.476 e. The van der Waals surface area contributed by atoms with Gasteiger partial charge in [0.15, 0.2) is 12.4 Å². The van der Waals surface area contributed by atoms with Crippen molar-refractivity contribution in [3.63, 3.8) is 0 Å². The Bertz CT molecular complexity index is 1890. The molecule has 42 heavy (non-hydrogen) atoms. The van der Waals surface area contributed by atoms with Gasteiger partial charge in [-0.2, -0.15) is 9.78 Å². The number of benzene rings is 3. The number of morpholine rings is 1. The zero-order valence-corrected chi connectivity index (χ0v) is 23.5. The minimum absolute atomic E-state index is 0.0914. The first-order chi connectivity index (χ1) is 20.4. The van der Waals surface area contributed by atoms with E-state index in [-0.39, 0.29) is 34.2 Å². The molecule has 3 heterocycles. The monoisotopic (exact) mass is 631 g/mol. The number of para-hydroxylation sites is 2. The average Bonchev–Trinajstić information content (AvgIpc) is 3.44. The number of hydrogen-bond acceptors (Lipinski definition) is 9. The van der Waals surface area contributed by atoms with Gasteiger partial charge in [-0.1, -0.05) is 30.3 Å². The summed E-state index contributed by atoms with van der Waals surface area (Å²) in [6, 6.07) is 18.8. The number of amides is 1. The van der Waals surface area contributed by atoms with Gasteiger partial charge in [0.05, 0.1) is 39.7 Å². The number of nitro groups is 1. The van der Waals surface area contributed by atoms with Gasteiger partial charge < -0.3 is 18.8 Å². The van der Waals surface area contributed by atoms with Crippen LogP contribution in [-0.2, 0) is 9.53 Å². The normalized spacial score (nSPS) is 13.7. The molecular formula is C29H22BrN5O7. The Morgan fingerprint density at radius 2 is 1.88 bits per heavy atom. The number of rotatable bonds is 7. The third kappa shape index (κ3) is 5.39. The van der Waals surface area contributed by atoms with Gasteiger partial charge in [0.1, 0.15) is 5.58 Å². The van der Waals surface area contributed by atoms with Crippen LogP contribution in [0, 0.1) is 10.1 Å². The Morgan fingerprint density at radius 3 is 2.67 bits per heavy atom. The fraction of sp³-hybridized carbons (Fsp3) is 0.172. The molecule has 0 unspecified atom stereocenters. The number of ether oxygens (including phenoxy) is 2. The van der Waals surface area contributed by atoms with E-state index in [1.165, 1.54) is 12.3 Å². The number of furan rings is 1. The Labute approximate surface area is 246 Å². The van der Waals surface area contributed by atoms with Gasteiger partial charge in [-0.15, -0.1) is 0 Å². The maximum absolute atomic E-state index is 13.5. The maximum atomic E-state index is 13.5. The van der Waals surface area contributed by atoms with Gasteiger partial charge >= 0.3 is 5.69 Å². The molecule has 6 rings (SSSR count).